The van der Waals surface area contributed by atoms with Gasteiger partial charge in [0.2, 0.25) is 0 Å². The van der Waals surface area contributed by atoms with Gasteiger partial charge in [0.25, 0.3) is 0 Å². The number of nitrogens with zero attached hydrogens (tertiary/aromatic N) is 4. The summed E-state index contributed by atoms with van der Waals surface area (Å²) in [6, 6.07) is 43.0. The molecule has 50 heavy (non-hydrogen) atoms. The largest absolute Gasteiger partial charge is 0.327 e. The SMILES string of the molecule is C[C@@]12CCC[C@@H]1CCn1c2nc(-c2ccccc2)c1-c1ccccc1.C[C@]12CCC[C@H]1CCn1c2nc(-c2ccccc2)c1-c1ccccc1. The van der Waals surface area contributed by atoms with Crippen LogP contribution in [-0.2, 0) is 23.9 Å². The van der Waals surface area contributed by atoms with Crippen LogP contribution in [0.15, 0.2) is 121 Å². The van der Waals surface area contributed by atoms with Crippen molar-refractivity contribution < 1.29 is 0 Å². The lowest BCUT2D eigenvalue weighted by Crippen LogP contribution is -2.36. The first-order valence-electron chi connectivity index (χ1n) is 19.0. The molecule has 0 spiro atoms. The minimum Gasteiger partial charge on any atom is -0.327 e. The van der Waals surface area contributed by atoms with Crippen molar-refractivity contribution >= 4 is 0 Å². The highest BCUT2D eigenvalue weighted by Crippen LogP contribution is 2.53. The number of hydrogen-bond acceptors (Lipinski definition) is 2. The summed E-state index contributed by atoms with van der Waals surface area (Å²) in [5.74, 6) is 4.24. The first-order chi connectivity index (χ1) is 24.5. The highest BCUT2D eigenvalue weighted by Gasteiger charge is 2.48. The van der Waals surface area contributed by atoms with Gasteiger partial charge in [0.1, 0.15) is 11.6 Å². The van der Waals surface area contributed by atoms with Crippen LogP contribution >= 0.6 is 0 Å². The molecule has 252 valence electrons. The van der Waals surface area contributed by atoms with E-state index in [2.05, 4.69) is 144 Å². The van der Waals surface area contributed by atoms with Gasteiger partial charge in [-0.1, -0.05) is 148 Å². The molecule has 0 unspecified atom stereocenters. The van der Waals surface area contributed by atoms with Crippen LogP contribution < -0.4 is 0 Å². The maximum absolute atomic E-state index is 5.27. The molecule has 0 radical (unpaired) electrons. The third-order valence-electron chi connectivity index (χ3n) is 12.8. The third kappa shape index (κ3) is 5.10. The van der Waals surface area contributed by atoms with Crippen LogP contribution in [0.25, 0.3) is 45.0 Å². The quantitative estimate of drug-likeness (QED) is 0.189. The standard InChI is InChI=1S/2C23H24N2/c2*1-23-15-8-13-19(23)14-16-25-21(18-11-6-3-7-12-18)20(24-22(23)25)17-9-4-2-5-10-17/h2*2-7,9-12,19H,8,13-16H2,1H3/t2*19-,23-/m10/s1. The monoisotopic (exact) mass is 656 g/mol. The zero-order valence-corrected chi connectivity index (χ0v) is 29.6. The van der Waals surface area contributed by atoms with Crippen molar-refractivity contribution in [3.63, 3.8) is 0 Å². The van der Waals surface area contributed by atoms with Gasteiger partial charge < -0.3 is 9.13 Å². The van der Waals surface area contributed by atoms with Crippen molar-refractivity contribution in [3.8, 4) is 45.0 Å². The molecular formula is C46H48N4. The van der Waals surface area contributed by atoms with E-state index in [4.69, 9.17) is 9.97 Å². The molecule has 4 aliphatic rings. The molecule has 2 aromatic heterocycles. The molecule has 6 aromatic rings. The van der Waals surface area contributed by atoms with Crippen LogP contribution in [0.2, 0.25) is 0 Å². The van der Waals surface area contributed by atoms with E-state index in [0.29, 0.717) is 0 Å². The summed E-state index contributed by atoms with van der Waals surface area (Å²) in [5.41, 5.74) is 10.4. The first kappa shape index (κ1) is 31.3. The summed E-state index contributed by atoms with van der Waals surface area (Å²) >= 11 is 0. The van der Waals surface area contributed by atoms with Gasteiger partial charge in [-0.05, 0) is 50.4 Å². The predicted molar refractivity (Wildman–Crippen MR) is 205 cm³/mol. The van der Waals surface area contributed by atoms with E-state index < -0.39 is 0 Å². The molecule has 2 aliphatic carbocycles. The molecule has 4 aromatic carbocycles. The van der Waals surface area contributed by atoms with Gasteiger partial charge in [-0.3, -0.25) is 0 Å². The molecule has 0 N–H and O–H groups in total. The lowest BCUT2D eigenvalue weighted by molar-refractivity contribution is 0.249. The van der Waals surface area contributed by atoms with Gasteiger partial charge in [0.15, 0.2) is 0 Å². The summed E-state index contributed by atoms with van der Waals surface area (Å²) < 4.78 is 5.05. The van der Waals surface area contributed by atoms with Crippen LogP contribution in [0, 0.1) is 11.8 Å². The molecule has 10 rings (SSSR count). The fourth-order valence-corrected chi connectivity index (χ4v) is 10.1. The lowest BCUT2D eigenvalue weighted by atomic mass is 9.75. The van der Waals surface area contributed by atoms with Crippen molar-refractivity contribution in [3.05, 3.63) is 133 Å². The van der Waals surface area contributed by atoms with E-state index in [1.807, 2.05) is 0 Å². The van der Waals surface area contributed by atoms with Crippen molar-refractivity contribution in [2.45, 2.75) is 89.1 Å². The number of benzene rings is 4. The summed E-state index contributed by atoms with van der Waals surface area (Å²) in [7, 11) is 0. The Bertz CT molecular complexity index is 1940. The number of imidazole rings is 2. The summed E-state index contributed by atoms with van der Waals surface area (Å²) in [5, 5.41) is 0. The average Bonchev–Trinajstić information content (AvgIpc) is 3.96. The third-order valence-corrected chi connectivity index (χ3v) is 12.8. The Morgan fingerprint density at radius 1 is 0.460 bits per heavy atom. The molecule has 4 atom stereocenters. The van der Waals surface area contributed by atoms with E-state index >= 15 is 0 Å². The molecule has 4 heteroatoms. The fourth-order valence-electron chi connectivity index (χ4n) is 10.1. The highest BCUT2D eigenvalue weighted by atomic mass is 15.1. The fraction of sp³-hybridized carbons (Fsp3) is 0.348. The van der Waals surface area contributed by atoms with Crippen LogP contribution in [0.5, 0.6) is 0 Å². The number of rotatable bonds is 4. The van der Waals surface area contributed by atoms with Crippen LogP contribution in [0.1, 0.15) is 76.9 Å². The Morgan fingerprint density at radius 2 is 0.800 bits per heavy atom. The van der Waals surface area contributed by atoms with Crippen molar-refractivity contribution in [2.24, 2.45) is 11.8 Å². The molecule has 2 aliphatic heterocycles. The van der Waals surface area contributed by atoms with Crippen molar-refractivity contribution in [1.82, 2.24) is 19.1 Å². The van der Waals surface area contributed by atoms with Gasteiger partial charge in [-0.15, -0.1) is 0 Å². The minimum absolute atomic E-state index is 0.245. The molecule has 0 bridgehead atoms. The Labute approximate surface area is 297 Å². The number of aromatic nitrogens is 4. The van der Waals surface area contributed by atoms with Crippen LogP contribution in [-0.4, -0.2) is 19.1 Å². The molecule has 2 saturated carbocycles. The Balaban J connectivity index is 0.000000135. The van der Waals surface area contributed by atoms with Crippen LogP contribution in [0.3, 0.4) is 0 Å². The number of fused-ring (bicyclic) bond motifs is 6. The van der Waals surface area contributed by atoms with Crippen molar-refractivity contribution in [1.29, 1.82) is 0 Å². The van der Waals surface area contributed by atoms with Gasteiger partial charge in [0, 0.05) is 46.2 Å². The second-order valence-electron chi connectivity index (χ2n) is 15.6. The highest BCUT2D eigenvalue weighted by molar-refractivity contribution is 5.80. The molecule has 4 heterocycles. The van der Waals surface area contributed by atoms with E-state index in [9.17, 15) is 0 Å². The zero-order chi connectivity index (χ0) is 33.7. The smallest absolute Gasteiger partial charge is 0.116 e. The second-order valence-corrected chi connectivity index (χ2v) is 15.6. The molecule has 4 nitrogen and oxygen atoms in total. The Morgan fingerprint density at radius 3 is 1.16 bits per heavy atom. The summed E-state index contributed by atoms with van der Waals surface area (Å²) in [6.07, 6.45) is 10.5. The van der Waals surface area contributed by atoms with Gasteiger partial charge in [-0.25, -0.2) is 9.97 Å². The maximum Gasteiger partial charge on any atom is 0.116 e. The number of hydrogen-bond donors (Lipinski definition) is 0. The maximum atomic E-state index is 5.27. The van der Waals surface area contributed by atoms with Crippen molar-refractivity contribution in [2.75, 3.05) is 0 Å². The molecule has 0 saturated heterocycles. The Kier molecular flexibility index (Phi) is 7.86. The van der Waals surface area contributed by atoms with Gasteiger partial charge in [0.05, 0.1) is 22.8 Å². The van der Waals surface area contributed by atoms with Gasteiger partial charge in [-0.2, -0.15) is 0 Å². The zero-order valence-electron chi connectivity index (χ0n) is 29.6. The topological polar surface area (TPSA) is 35.6 Å². The Hall–Kier alpha value is -4.70. The van der Waals surface area contributed by atoms with E-state index in [1.165, 1.54) is 96.7 Å². The molecular weight excluding hydrogens is 609 g/mol. The first-order valence-corrected chi connectivity index (χ1v) is 19.0. The lowest BCUT2D eigenvalue weighted by Gasteiger charge is -2.36. The van der Waals surface area contributed by atoms with E-state index in [-0.39, 0.29) is 10.8 Å². The van der Waals surface area contributed by atoms with Crippen LogP contribution in [0.4, 0.5) is 0 Å². The molecule has 0 amide bonds. The second kappa shape index (κ2) is 12.6. The molecule has 2 fully saturated rings. The van der Waals surface area contributed by atoms with E-state index in [1.54, 1.807) is 0 Å². The summed E-state index contributed by atoms with van der Waals surface area (Å²) in [4.78, 5) is 10.5. The van der Waals surface area contributed by atoms with Gasteiger partial charge >= 0.3 is 0 Å². The average molecular weight is 657 g/mol. The normalized spacial score (nSPS) is 24.8. The minimum atomic E-state index is 0.245. The summed E-state index contributed by atoms with van der Waals surface area (Å²) in [6.45, 7) is 7.09. The predicted octanol–water partition coefficient (Wildman–Crippen LogP) is 11.4. The van der Waals surface area contributed by atoms with E-state index in [0.717, 1.165) is 36.3 Å².